The molecule has 32 heavy (non-hydrogen) atoms. The number of anilines is 1. The number of amides is 1. The third-order valence-corrected chi connectivity index (χ3v) is 5.64. The normalized spacial score (nSPS) is 15.9. The van der Waals surface area contributed by atoms with Crippen LogP contribution in [0.1, 0.15) is 24.1 Å². The minimum Gasteiger partial charge on any atom is -0.493 e. The molecular weight excluding hydrogens is 423 g/mol. The molecule has 2 aromatic carbocycles. The van der Waals surface area contributed by atoms with Crippen molar-refractivity contribution in [2.75, 3.05) is 52.3 Å². The highest BCUT2D eigenvalue weighted by atomic mass is 19.4. The lowest BCUT2D eigenvalue weighted by molar-refractivity contribution is -0.137. The molecule has 174 valence electrons. The lowest BCUT2D eigenvalue weighted by atomic mass is 10.0. The summed E-state index contributed by atoms with van der Waals surface area (Å²) in [6.45, 7) is 4.26. The lowest BCUT2D eigenvalue weighted by Crippen LogP contribution is -2.47. The number of nitrogens with zero attached hydrogens (tertiary/aromatic N) is 3. The van der Waals surface area contributed by atoms with Crippen LogP contribution in [0.15, 0.2) is 42.5 Å². The zero-order valence-electron chi connectivity index (χ0n) is 18.6. The van der Waals surface area contributed by atoms with Gasteiger partial charge in [0.15, 0.2) is 11.5 Å². The maximum absolute atomic E-state index is 13.4. The van der Waals surface area contributed by atoms with Crippen molar-refractivity contribution in [2.24, 2.45) is 0 Å². The third kappa shape index (κ3) is 5.27. The first-order chi connectivity index (χ1) is 15.1. The van der Waals surface area contributed by atoms with Crippen LogP contribution in [0.25, 0.3) is 0 Å². The predicted molar refractivity (Wildman–Crippen MR) is 116 cm³/mol. The zero-order valence-corrected chi connectivity index (χ0v) is 18.6. The van der Waals surface area contributed by atoms with Crippen LogP contribution in [-0.2, 0) is 6.18 Å². The molecule has 0 radical (unpaired) electrons. The second-order valence-corrected chi connectivity index (χ2v) is 7.89. The van der Waals surface area contributed by atoms with Crippen molar-refractivity contribution in [1.82, 2.24) is 9.80 Å². The number of ether oxygens (including phenoxy) is 2. The smallest absolute Gasteiger partial charge is 0.418 e. The maximum Gasteiger partial charge on any atom is 0.418 e. The van der Waals surface area contributed by atoms with Crippen LogP contribution in [-0.4, -0.2) is 63.3 Å². The van der Waals surface area contributed by atoms with Gasteiger partial charge in [-0.2, -0.15) is 13.2 Å². The zero-order chi connectivity index (χ0) is 23.5. The standard InChI is InChI=1S/C23H28F3N3O3/c1-16(17-9-10-20(21(15-17)31-4)32-22(30)27(2)3)28-11-13-29(14-12-28)19-8-6-5-7-18(19)23(24,25)26/h5-10,15-16H,11-14H2,1-4H3. The number of halogens is 3. The molecule has 0 aromatic heterocycles. The van der Waals surface area contributed by atoms with Crippen LogP contribution in [0.3, 0.4) is 0 Å². The van der Waals surface area contributed by atoms with Gasteiger partial charge in [-0.25, -0.2) is 4.79 Å². The Kier molecular flexibility index (Phi) is 7.18. The van der Waals surface area contributed by atoms with Crippen molar-refractivity contribution in [1.29, 1.82) is 0 Å². The van der Waals surface area contributed by atoms with Crippen molar-refractivity contribution in [3.8, 4) is 11.5 Å². The number of carbonyl (C=O) groups excluding carboxylic acids is 1. The Morgan fingerprint density at radius 1 is 1.03 bits per heavy atom. The lowest BCUT2D eigenvalue weighted by Gasteiger charge is -2.40. The second-order valence-electron chi connectivity index (χ2n) is 7.89. The Labute approximate surface area is 186 Å². The van der Waals surface area contributed by atoms with E-state index in [2.05, 4.69) is 4.90 Å². The molecule has 0 saturated carbocycles. The summed E-state index contributed by atoms with van der Waals surface area (Å²) in [6.07, 6.45) is -4.88. The van der Waals surface area contributed by atoms with E-state index in [1.165, 1.54) is 24.1 Å². The Bertz CT molecular complexity index is 942. The number of hydrogen-bond acceptors (Lipinski definition) is 5. The van der Waals surface area contributed by atoms with Gasteiger partial charge >= 0.3 is 12.3 Å². The highest BCUT2D eigenvalue weighted by molar-refractivity contribution is 5.71. The van der Waals surface area contributed by atoms with Gasteiger partial charge in [0.2, 0.25) is 0 Å². The number of para-hydroxylation sites is 1. The summed E-state index contributed by atoms with van der Waals surface area (Å²) in [5.41, 5.74) is 0.589. The first kappa shape index (κ1) is 23.7. The van der Waals surface area contributed by atoms with Crippen molar-refractivity contribution in [2.45, 2.75) is 19.1 Å². The summed E-state index contributed by atoms with van der Waals surface area (Å²) in [5.74, 6) is 0.776. The van der Waals surface area contributed by atoms with Gasteiger partial charge in [0.25, 0.3) is 0 Å². The van der Waals surface area contributed by atoms with Crippen LogP contribution < -0.4 is 14.4 Å². The molecule has 0 spiro atoms. The third-order valence-electron chi connectivity index (χ3n) is 5.64. The fourth-order valence-corrected chi connectivity index (χ4v) is 3.76. The monoisotopic (exact) mass is 451 g/mol. The van der Waals surface area contributed by atoms with Gasteiger partial charge in [-0.1, -0.05) is 18.2 Å². The van der Waals surface area contributed by atoms with Crippen molar-refractivity contribution in [3.63, 3.8) is 0 Å². The fourth-order valence-electron chi connectivity index (χ4n) is 3.76. The summed E-state index contributed by atoms with van der Waals surface area (Å²) >= 11 is 0. The number of methoxy groups -OCH3 is 1. The summed E-state index contributed by atoms with van der Waals surface area (Å²) in [5, 5.41) is 0. The Balaban J connectivity index is 1.70. The molecule has 1 aliphatic heterocycles. The Morgan fingerprint density at radius 3 is 2.28 bits per heavy atom. The molecule has 3 rings (SSSR count). The van der Waals surface area contributed by atoms with Crippen molar-refractivity contribution in [3.05, 3.63) is 53.6 Å². The highest BCUT2D eigenvalue weighted by Crippen LogP contribution is 2.37. The van der Waals surface area contributed by atoms with Gasteiger partial charge in [-0.3, -0.25) is 4.90 Å². The van der Waals surface area contributed by atoms with Gasteiger partial charge < -0.3 is 19.3 Å². The van der Waals surface area contributed by atoms with Crippen LogP contribution in [0, 0.1) is 0 Å². The van der Waals surface area contributed by atoms with E-state index in [9.17, 15) is 18.0 Å². The fraction of sp³-hybridized carbons (Fsp3) is 0.435. The van der Waals surface area contributed by atoms with Gasteiger partial charge in [-0.15, -0.1) is 0 Å². The van der Waals surface area contributed by atoms with Crippen LogP contribution in [0.5, 0.6) is 11.5 Å². The summed E-state index contributed by atoms with van der Waals surface area (Å²) < 4.78 is 50.8. The van der Waals surface area contributed by atoms with E-state index in [4.69, 9.17) is 9.47 Å². The van der Waals surface area contributed by atoms with E-state index in [0.29, 0.717) is 37.7 Å². The van der Waals surface area contributed by atoms with E-state index < -0.39 is 17.8 Å². The van der Waals surface area contributed by atoms with E-state index in [1.54, 1.807) is 31.1 Å². The average Bonchev–Trinajstić information content (AvgIpc) is 2.78. The molecule has 0 N–H and O–H groups in total. The molecule has 1 unspecified atom stereocenters. The maximum atomic E-state index is 13.4. The van der Waals surface area contributed by atoms with Crippen molar-refractivity contribution < 1.29 is 27.4 Å². The Hall–Kier alpha value is -2.94. The van der Waals surface area contributed by atoms with E-state index in [-0.39, 0.29) is 11.7 Å². The molecule has 6 nitrogen and oxygen atoms in total. The summed E-state index contributed by atoms with van der Waals surface area (Å²) in [7, 11) is 4.70. The van der Waals surface area contributed by atoms with Gasteiger partial charge in [0.1, 0.15) is 0 Å². The number of rotatable bonds is 5. The van der Waals surface area contributed by atoms with E-state index in [0.717, 1.165) is 11.6 Å². The molecule has 1 heterocycles. The molecule has 9 heteroatoms. The van der Waals surface area contributed by atoms with Gasteiger partial charge in [-0.05, 0) is 36.8 Å². The molecule has 0 bridgehead atoms. The minimum atomic E-state index is -4.38. The number of piperazine rings is 1. The predicted octanol–water partition coefficient (Wildman–Crippen LogP) is 4.66. The number of carbonyl (C=O) groups is 1. The van der Waals surface area contributed by atoms with Crippen LogP contribution >= 0.6 is 0 Å². The van der Waals surface area contributed by atoms with Crippen LogP contribution in [0.2, 0.25) is 0 Å². The van der Waals surface area contributed by atoms with Gasteiger partial charge in [0.05, 0.1) is 12.7 Å². The second kappa shape index (κ2) is 9.68. The summed E-state index contributed by atoms with van der Waals surface area (Å²) in [4.78, 5) is 17.2. The molecule has 1 saturated heterocycles. The largest absolute Gasteiger partial charge is 0.493 e. The number of hydrogen-bond donors (Lipinski definition) is 0. The Morgan fingerprint density at radius 2 is 1.69 bits per heavy atom. The SMILES string of the molecule is COc1cc(C(C)N2CCN(c3ccccc3C(F)(F)F)CC2)ccc1OC(=O)N(C)C. The van der Waals surface area contributed by atoms with E-state index >= 15 is 0 Å². The summed E-state index contributed by atoms with van der Waals surface area (Å²) in [6, 6.07) is 11.1. The average molecular weight is 451 g/mol. The van der Waals surface area contributed by atoms with Gasteiger partial charge in [0, 0.05) is 52.0 Å². The highest BCUT2D eigenvalue weighted by Gasteiger charge is 2.35. The number of alkyl halides is 3. The van der Waals surface area contributed by atoms with Crippen LogP contribution in [0.4, 0.5) is 23.7 Å². The molecular formula is C23H28F3N3O3. The molecule has 1 amide bonds. The molecule has 1 aliphatic rings. The van der Waals surface area contributed by atoms with E-state index in [1.807, 2.05) is 19.1 Å². The topological polar surface area (TPSA) is 45.3 Å². The minimum absolute atomic E-state index is 0.0162. The quantitative estimate of drug-likeness (QED) is 0.662. The molecule has 0 aliphatic carbocycles. The molecule has 2 aromatic rings. The molecule has 1 fully saturated rings. The molecule has 1 atom stereocenters. The number of benzene rings is 2. The first-order valence-electron chi connectivity index (χ1n) is 10.3. The first-order valence-corrected chi connectivity index (χ1v) is 10.3. The van der Waals surface area contributed by atoms with Crippen molar-refractivity contribution >= 4 is 11.8 Å².